The highest BCUT2D eigenvalue weighted by molar-refractivity contribution is 9.10. The van der Waals surface area contributed by atoms with Crippen LogP contribution >= 0.6 is 27.5 Å². The number of amides is 1. The number of pyridine rings is 1. The molecule has 2 aromatic rings. The Labute approximate surface area is 123 Å². The van der Waals surface area contributed by atoms with Crippen molar-refractivity contribution in [3.05, 3.63) is 51.6 Å². The summed E-state index contributed by atoms with van der Waals surface area (Å²) in [5.74, 6) is 5.41. The third-order valence-electron chi connectivity index (χ3n) is 2.35. The summed E-state index contributed by atoms with van der Waals surface area (Å²) in [6.07, 6.45) is 1.43. The molecule has 0 fully saturated rings. The van der Waals surface area contributed by atoms with Crippen molar-refractivity contribution in [2.24, 2.45) is 5.84 Å². The Balaban J connectivity index is 2.18. The summed E-state index contributed by atoms with van der Waals surface area (Å²) in [6.45, 7) is 0. The van der Waals surface area contributed by atoms with Gasteiger partial charge in [0, 0.05) is 15.7 Å². The van der Waals surface area contributed by atoms with Crippen LogP contribution in [0.1, 0.15) is 10.4 Å². The van der Waals surface area contributed by atoms with E-state index in [-0.39, 0.29) is 5.91 Å². The number of halogens is 2. The van der Waals surface area contributed by atoms with Crippen LogP contribution in [0.15, 0.2) is 41.0 Å². The van der Waals surface area contributed by atoms with Gasteiger partial charge in [-0.2, -0.15) is 0 Å². The largest absolute Gasteiger partial charge is 0.321 e. The number of nitrogens with two attached hydrogens (primary N) is 1. The number of nitrogens with zero attached hydrogens (tertiary/aromatic N) is 1. The molecule has 5 nitrogen and oxygen atoms in total. The summed E-state index contributed by atoms with van der Waals surface area (Å²) in [4.78, 5) is 16.0. The summed E-state index contributed by atoms with van der Waals surface area (Å²) in [7, 11) is 0. The molecular weight excluding hydrogens is 332 g/mol. The second kappa shape index (κ2) is 6.01. The lowest BCUT2D eigenvalue weighted by atomic mass is 10.2. The number of benzene rings is 1. The van der Waals surface area contributed by atoms with Crippen molar-refractivity contribution in [3.63, 3.8) is 0 Å². The number of nitrogen functional groups attached to an aromatic ring is 1. The van der Waals surface area contributed by atoms with Crippen LogP contribution in [0.3, 0.4) is 0 Å². The molecule has 1 heterocycles. The van der Waals surface area contributed by atoms with E-state index in [9.17, 15) is 4.79 Å². The Kier molecular flexibility index (Phi) is 4.36. The summed E-state index contributed by atoms with van der Waals surface area (Å²) >= 11 is 9.22. The van der Waals surface area contributed by atoms with Crippen molar-refractivity contribution in [2.75, 3.05) is 10.7 Å². The number of carbonyl (C=O) groups is 1. The monoisotopic (exact) mass is 340 g/mol. The fourth-order valence-electron chi connectivity index (χ4n) is 1.40. The molecule has 19 heavy (non-hydrogen) atoms. The van der Waals surface area contributed by atoms with E-state index in [0.29, 0.717) is 22.1 Å². The average molecular weight is 342 g/mol. The maximum atomic E-state index is 12.0. The van der Waals surface area contributed by atoms with E-state index in [1.54, 1.807) is 30.3 Å². The normalized spacial score (nSPS) is 10.1. The van der Waals surface area contributed by atoms with Gasteiger partial charge in [-0.25, -0.2) is 10.8 Å². The molecule has 0 aliphatic heterocycles. The van der Waals surface area contributed by atoms with Crippen LogP contribution < -0.4 is 16.6 Å². The Morgan fingerprint density at radius 3 is 2.74 bits per heavy atom. The van der Waals surface area contributed by atoms with Gasteiger partial charge in [0.2, 0.25) is 0 Å². The minimum atomic E-state index is -0.279. The lowest BCUT2D eigenvalue weighted by Gasteiger charge is -2.08. The van der Waals surface area contributed by atoms with Crippen LogP contribution in [-0.4, -0.2) is 10.9 Å². The zero-order valence-electron chi connectivity index (χ0n) is 9.65. The third-order valence-corrected chi connectivity index (χ3v) is 3.28. The number of hydrogen-bond donors (Lipinski definition) is 3. The summed E-state index contributed by atoms with van der Waals surface area (Å²) in [5, 5.41) is 3.28. The molecular formula is C12H10BrClN4O. The fourth-order valence-corrected chi connectivity index (χ4v) is 1.92. The Hall–Kier alpha value is -1.63. The topological polar surface area (TPSA) is 80.0 Å². The van der Waals surface area contributed by atoms with Crippen molar-refractivity contribution in [2.45, 2.75) is 0 Å². The SMILES string of the molecule is NNc1ccc(C(=O)Nc2cc(Cl)ccc2Br)cn1. The quantitative estimate of drug-likeness (QED) is 0.592. The standard InChI is InChI=1S/C12H10BrClN4O/c13-9-3-2-8(14)5-10(9)17-12(19)7-1-4-11(18-15)16-6-7/h1-6H,15H2,(H,16,18)(H,17,19). The molecule has 0 saturated carbocycles. The Bertz CT molecular complexity index is 603. The zero-order chi connectivity index (χ0) is 13.8. The van der Waals surface area contributed by atoms with Crippen molar-refractivity contribution in [1.82, 2.24) is 4.98 Å². The second-order valence-electron chi connectivity index (χ2n) is 3.65. The first-order valence-corrected chi connectivity index (χ1v) is 6.46. The molecule has 0 saturated heterocycles. The Morgan fingerprint density at radius 2 is 2.11 bits per heavy atom. The molecule has 0 bridgehead atoms. The van der Waals surface area contributed by atoms with Gasteiger partial charge in [-0.15, -0.1) is 0 Å². The number of hydrazine groups is 1. The van der Waals surface area contributed by atoms with Crippen LogP contribution in [-0.2, 0) is 0 Å². The van der Waals surface area contributed by atoms with Gasteiger partial charge in [-0.05, 0) is 46.3 Å². The predicted molar refractivity (Wildman–Crippen MR) is 79.2 cm³/mol. The highest BCUT2D eigenvalue weighted by Crippen LogP contribution is 2.26. The van der Waals surface area contributed by atoms with Crippen molar-refractivity contribution in [1.29, 1.82) is 0 Å². The highest BCUT2D eigenvalue weighted by atomic mass is 79.9. The van der Waals surface area contributed by atoms with E-state index < -0.39 is 0 Å². The molecule has 98 valence electrons. The molecule has 0 unspecified atom stereocenters. The molecule has 4 N–H and O–H groups in total. The first-order valence-electron chi connectivity index (χ1n) is 5.29. The number of rotatable bonds is 3. The van der Waals surface area contributed by atoms with Gasteiger partial charge in [0.05, 0.1) is 11.3 Å². The summed E-state index contributed by atoms with van der Waals surface area (Å²) in [6, 6.07) is 8.38. The second-order valence-corrected chi connectivity index (χ2v) is 4.95. The van der Waals surface area contributed by atoms with E-state index >= 15 is 0 Å². The molecule has 1 aromatic carbocycles. The van der Waals surface area contributed by atoms with E-state index in [0.717, 1.165) is 4.47 Å². The highest BCUT2D eigenvalue weighted by Gasteiger charge is 2.09. The first-order chi connectivity index (χ1) is 9.10. The molecule has 2 rings (SSSR count). The molecule has 7 heteroatoms. The fraction of sp³-hybridized carbons (Fsp3) is 0. The number of anilines is 2. The Morgan fingerprint density at radius 1 is 1.32 bits per heavy atom. The summed E-state index contributed by atoms with van der Waals surface area (Å²) in [5.41, 5.74) is 3.41. The molecule has 0 spiro atoms. The number of nitrogens with one attached hydrogen (secondary N) is 2. The molecule has 1 aromatic heterocycles. The number of aromatic nitrogens is 1. The van der Waals surface area contributed by atoms with Gasteiger partial charge < -0.3 is 10.7 Å². The van der Waals surface area contributed by atoms with E-state index in [2.05, 4.69) is 31.7 Å². The first kappa shape index (κ1) is 13.8. The van der Waals surface area contributed by atoms with Gasteiger partial charge in [0.15, 0.2) is 0 Å². The molecule has 1 amide bonds. The van der Waals surface area contributed by atoms with Crippen molar-refractivity contribution >= 4 is 44.9 Å². The average Bonchev–Trinajstić information content (AvgIpc) is 2.43. The van der Waals surface area contributed by atoms with Crippen LogP contribution in [0.4, 0.5) is 11.5 Å². The maximum absolute atomic E-state index is 12.0. The molecule has 0 aliphatic rings. The van der Waals surface area contributed by atoms with Gasteiger partial charge >= 0.3 is 0 Å². The minimum absolute atomic E-state index is 0.279. The summed E-state index contributed by atoms with van der Waals surface area (Å²) < 4.78 is 0.749. The van der Waals surface area contributed by atoms with Gasteiger partial charge in [-0.3, -0.25) is 4.79 Å². The predicted octanol–water partition coefficient (Wildman–Crippen LogP) is 3.04. The van der Waals surface area contributed by atoms with Gasteiger partial charge in [-0.1, -0.05) is 11.6 Å². The van der Waals surface area contributed by atoms with Crippen LogP contribution in [0.2, 0.25) is 5.02 Å². The van der Waals surface area contributed by atoms with Gasteiger partial charge in [0.25, 0.3) is 5.91 Å². The van der Waals surface area contributed by atoms with Crippen molar-refractivity contribution in [3.8, 4) is 0 Å². The van der Waals surface area contributed by atoms with Crippen LogP contribution in [0, 0.1) is 0 Å². The van der Waals surface area contributed by atoms with Crippen LogP contribution in [0.25, 0.3) is 0 Å². The molecule has 0 aliphatic carbocycles. The minimum Gasteiger partial charge on any atom is -0.321 e. The smallest absolute Gasteiger partial charge is 0.257 e. The number of hydrogen-bond acceptors (Lipinski definition) is 4. The van der Waals surface area contributed by atoms with Crippen molar-refractivity contribution < 1.29 is 4.79 Å². The number of carbonyl (C=O) groups excluding carboxylic acids is 1. The molecule has 0 atom stereocenters. The lowest BCUT2D eigenvalue weighted by molar-refractivity contribution is 0.102. The van der Waals surface area contributed by atoms with Crippen LogP contribution in [0.5, 0.6) is 0 Å². The third kappa shape index (κ3) is 3.44. The molecule has 0 radical (unpaired) electrons. The van der Waals surface area contributed by atoms with E-state index in [1.165, 1.54) is 6.20 Å². The zero-order valence-corrected chi connectivity index (χ0v) is 12.0. The maximum Gasteiger partial charge on any atom is 0.257 e. The van der Waals surface area contributed by atoms with E-state index in [4.69, 9.17) is 17.4 Å². The van der Waals surface area contributed by atoms with Gasteiger partial charge in [0.1, 0.15) is 5.82 Å². The van der Waals surface area contributed by atoms with E-state index in [1.807, 2.05) is 0 Å². The lowest BCUT2D eigenvalue weighted by Crippen LogP contribution is -2.14.